The van der Waals surface area contributed by atoms with Gasteiger partial charge in [0, 0.05) is 41.8 Å². The van der Waals surface area contributed by atoms with Crippen LogP contribution in [-0.2, 0) is 9.53 Å². The van der Waals surface area contributed by atoms with Crippen molar-refractivity contribution in [3.05, 3.63) is 85.2 Å². The molecule has 10 nitrogen and oxygen atoms in total. The van der Waals surface area contributed by atoms with E-state index in [1.807, 2.05) is 72.6 Å². The Hall–Kier alpha value is -4.77. The first-order valence-corrected chi connectivity index (χ1v) is 12.6. The Morgan fingerprint density at radius 2 is 1.63 bits per heavy atom. The maximum absolute atomic E-state index is 11.5. The first-order chi connectivity index (χ1) is 18.5. The van der Waals surface area contributed by atoms with E-state index in [4.69, 9.17) is 9.84 Å². The molecule has 0 fully saturated rings. The van der Waals surface area contributed by atoms with Gasteiger partial charge in [-0.3, -0.25) is 4.98 Å². The largest absolute Gasteiger partial charge is 0.460 e. The molecular formula is C27H24N8O2S. The SMILES string of the molecule is C=C(C)C(=O)OCCN(C)c1ccc(N=Nc2ccc(-c3nn4c(-c5ccncc5)nnc4s3)cc2)cc1. The maximum atomic E-state index is 11.5. The lowest BCUT2D eigenvalue weighted by Crippen LogP contribution is -2.23. The molecule has 5 aromatic rings. The highest BCUT2D eigenvalue weighted by atomic mass is 32.1. The van der Waals surface area contributed by atoms with Crippen LogP contribution < -0.4 is 4.90 Å². The van der Waals surface area contributed by atoms with Gasteiger partial charge in [0.15, 0.2) is 5.82 Å². The highest BCUT2D eigenvalue weighted by Crippen LogP contribution is 2.30. The monoisotopic (exact) mass is 524 g/mol. The number of aromatic nitrogens is 5. The van der Waals surface area contributed by atoms with Crippen LogP contribution in [0.2, 0.25) is 0 Å². The molecule has 11 heteroatoms. The number of likely N-dealkylation sites (N-methyl/N-ethyl adjacent to an activating group) is 1. The van der Waals surface area contributed by atoms with E-state index in [9.17, 15) is 4.79 Å². The van der Waals surface area contributed by atoms with E-state index in [-0.39, 0.29) is 12.6 Å². The number of anilines is 1. The van der Waals surface area contributed by atoms with E-state index in [0.29, 0.717) is 17.9 Å². The Labute approximate surface area is 223 Å². The van der Waals surface area contributed by atoms with Crippen molar-refractivity contribution >= 4 is 39.3 Å². The summed E-state index contributed by atoms with van der Waals surface area (Å²) in [5.74, 6) is 0.301. The lowest BCUT2D eigenvalue weighted by atomic mass is 10.2. The van der Waals surface area contributed by atoms with Crippen LogP contribution in [0.15, 0.2) is 95.4 Å². The molecule has 0 aliphatic heterocycles. The molecule has 0 spiro atoms. The Kier molecular flexibility index (Phi) is 7.27. The van der Waals surface area contributed by atoms with Gasteiger partial charge in [0.25, 0.3) is 0 Å². The number of fused-ring (bicyclic) bond motifs is 1. The zero-order valence-electron chi connectivity index (χ0n) is 20.9. The van der Waals surface area contributed by atoms with E-state index in [1.54, 1.807) is 23.8 Å². The summed E-state index contributed by atoms with van der Waals surface area (Å²) in [5, 5.41) is 22.7. The highest BCUT2D eigenvalue weighted by molar-refractivity contribution is 7.19. The van der Waals surface area contributed by atoms with Crippen molar-refractivity contribution in [1.82, 2.24) is 24.8 Å². The Balaban J connectivity index is 1.21. The van der Waals surface area contributed by atoms with Gasteiger partial charge in [-0.2, -0.15) is 19.8 Å². The normalized spacial score (nSPS) is 11.2. The van der Waals surface area contributed by atoms with Crippen LogP contribution in [-0.4, -0.2) is 51.0 Å². The summed E-state index contributed by atoms with van der Waals surface area (Å²) in [6, 6.07) is 19.2. The van der Waals surface area contributed by atoms with Crippen molar-refractivity contribution < 1.29 is 9.53 Å². The number of hydrogen-bond acceptors (Lipinski definition) is 10. The van der Waals surface area contributed by atoms with Crippen LogP contribution in [0.4, 0.5) is 17.1 Å². The van der Waals surface area contributed by atoms with Crippen LogP contribution in [0, 0.1) is 0 Å². The van der Waals surface area contributed by atoms with Gasteiger partial charge in [-0.25, -0.2) is 4.79 Å². The van der Waals surface area contributed by atoms with Gasteiger partial charge in [-0.1, -0.05) is 17.9 Å². The predicted molar refractivity (Wildman–Crippen MR) is 147 cm³/mol. The molecule has 5 rings (SSSR count). The smallest absolute Gasteiger partial charge is 0.333 e. The number of carbonyl (C=O) groups is 1. The third-order valence-electron chi connectivity index (χ3n) is 5.62. The lowest BCUT2D eigenvalue weighted by molar-refractivity contribution is -0.138. The molecule has 0 bridgehead atoms. The number of carbonyl (C=O) groups excluding carboxylic acids is 1. The molecule has 0 saturated heterocycles. The molecule has 0 N–H and O–H groups in total. The van der Waals surface area contributed by atoms with Gasteiger partial charge in [0.2, 0.25) is 4.96 Å². The number of nitrogens with zero attached hydrogens (tertiary/aromatic N) is 8. The Morgan fingerprint density at radius 1 is 0.974 bits per heavy atom. The summed E-state index contributed by atoms with van der Waals surface area (Å²) in [5.41, 5.74) is 4.71. The fourth-order valence-electron chi connectivity index (χ4n) is 3.50. The number of pyridine rings is 1. The molecule has 0 unspecified atom stereocenters. The summed E-state index contributed by atoms with van der Waals surface area (Å²) >= 11 is 1.47. The molecule has 3 aromatic heterocycles. The minimum Gasteiger partial charge on any atom is -0.460 e. The van der Waals surface area contributed by atoms with Crippen molar-refractivity contribution in [2.24, 2.45) is 10.2 Å². The standard InChI is InChI=1S/C27H24N8O2S/c1-18(2)26(36)37-17-16-34(3)23-10-8-22(9-11-23)30-29-21-6-4-20(5-7-21)25-33-35-24(31-32-27(35)38-25)19-12-14-28-15-13-19/h4-15H,1,16-17H2,2-3H3. The molecule has 38 heavy (non-hydrogen) atoms. The van der Waals surface area contributed by atoms with Gasteiger partial charge in [0.1, 0.15) is 11.6 Å². The third kappa shape index (κ3) is 5.62. The van der Waals surface area contributed by atoms with Crippen LogP contribution in [0.5, 0.6) is 0 Å². The number of hydrogen-bond donors (Lipinski definition) is 0. The number of esters is 1. The molecule has 0 radical (unpaired) electrons. The average Bonchev–Trinajstić information content (AvgIpc) is 3.54. The van der Waals surface area contributed by atoms with Gasteiger partial charge in [-0.05, 0) is 67.6 Å². The zero-order chi connectivity index (χ0) is 26.5. The first-order valence-electron chi connectivity index (χ1n) is 11.8. The summed E-state index contributed by atoms with van der Waals surface area (Å²) in [7, 11) is 1.93. The second-order valence-corrected chi connectivity index (χ2v) is 9.42. The van der Waals surface area contributed by atoms with Crippen molar-refractivity contribution in [1.29, 1.82) is 0 Å². The molecule has 0 saturated carbocycles. The van der Waals surface area contributed by atoms with E-state index in [0.717, 1.165) is 38.2 Å². The summed E-state index contributed by atoms with van der Waals surface area (Å²) in [4.78, 5) is 18.3. The highest BCUT2D eigenvalue weighted by Gasteiger charge is 2.14. The van der Waals surface area contributed by atoms with Gasteiger partial charge in [-0.15, -0.1) is 10.2 Å². The predicted octanol–water partition coefficient (Wildman–Crippen LogP) is 5.89. The molecule has 0 aliphatic rings. The number of azo groups is 1. The minimum atomic E-state index is -0.378. The molecule has 0 aliphatic carbocycles. The number of rotatable bonds is 9. The average molecular weight is 525 g/mol. The second kappa shape index (κ2) is 11.1. The van der Waals surface area contributed by atoms with E-state index < -0.39 is 0 Å². The Bertz CT molecular complexity index is 1590. The molecular weight excluding hydrogens is 500 g/mol. The first kappa shape index (κ1) is 24.9. The van der Waals surface area contributed by atoms with Crippen LogP contribution >= 0.6 is 11.3 Å². The van der Waals surface area contributed by atoms with Crippen LogP contribution in [0.25, 0.3) is 26.9 Å². The lowest BCUT2D eigenvalue weighted by Gasteiger charge is -2.19. The molecule has 190 valence electrons. The second-order valence-electron chi connectivity index (χ2n) is 8.46. The Morgan fingerprint density at radius 3 is 2.29 bits per heavy atom. The summed E-state index contributed by atoms with van der Waals surface area (Å²) in [6.07, 6.45) is 3.44. The van der Waals surface area contributed by atoms with Gasteiger partial charge >= 0.3 is 5.97 Å². The van der Waals surface area contributed by atoms with Crippen LogP contribution in [0.1, 0.15) is 6.92 Å². The third-order valence-corrected chi connectivity index (χ3v) is 6.57. The fourth-order valence-corrected chi connectivity index (χ4v) is 4.35. The van der Waals surface area contributed by atoms with Gasteiger partial charge in [0.05, 0.1) is 17.9 Å². The molecule has 2 aromatic carbocycles. The number of benzene rings is 2. The van der Waals surface area contributed by atoms with E-state index in [2.05, 4.69) is 32.0 Å². The van der Waals surface area contributed by atoms with Crippen LogP contribution in [0.3, 0.4) is 0 Å². The molecule has 0 amide bonds. The van der Waals surface area contributed by atoms with Crippen molar-refractivity contribution in [2.75, 3.05) is 25.1 Å². The molecule has 3 heterocycles. The van der Waals surface area contributed by atoms with Crippen molar-refractivity contribution in [3.8, 4) is 22.0 Å². The van der Waals surface area contributed by atoms with Crippen molar-refractivity contribution in [2.45, 2.75) is 6.92 Å². The van der Waals surface area contributed by atoms with E-state index in [1.165, 1.54) is 11.3 Å². The quantitative estimate of drug-likeness (QED) is 0.134. The molecule has 0 atom stereocenters. The number of ether oxygens (including phenoxy) is 1. The minimum absolute atomic E-state index is 0.288. The zero-order valence-corrected chi connectivity index (χ0v) is 21.7. The maximum Gasteiger partial charge on any atom is 0.333 e. The topological polar surface area (TPSA) is 110 Å². The summed E-state index contributed by atoms with van der Waals surface area (Å²) in [6.45, 7) is 6.07. The van der Waals surface area contributed by atoms with Gasteiger partial charge < -0.3 is 9.64 Å². The van der Waals surface area contributed by atoms with E-state index >= 15 is 0 Å². The fraction of sp³-hybridized carbons (Fsp3) is 0.148. The van der Waals surface area contributed by atoms with Crippen molar-refractivity contribution in [3.63, 3.8) is 0 Å². The summed E-state index contributed by atoms with van der Waals surface area (Å²) < 4.78 is 6.90.